The van der Waals surface area contributed by atoms with Crippen molar-refractivity contribution in [1.29, 1.82) is 0 Å². The second kappa shape index (κ2) is 8.23. The van der Waals surface area contributed by atoms with Crippen LogP contribution in [0.2, 0.25) is 0 Å². The van der Waals surface area contributed by atoms with Gasteiger partial charge in [-0.05, 0) is 13.3 Å². The minimum absolute atomic E-state index is 0. The molecular formula is C12H20BN6. The Hall–Kier alpha value is -1.92. The average Bonchev–Trinajstić information content (AvgIpc) is 2.88. The van der Waals surface area contributed by atoms with E-state index in [1.165, 1.54) is 0 Å². The summed E-state index contributed by atoms with van der Waals surface area (Å²) in [6, 6.07) is 0. The van der Waals surface area contributed by atoms with Gasteiger partial charge in [-0.2, -0.15) is 0 Å². The van der Waals surface area contributed by atoms with Crippen molar-refractivity contribution in [2.45, 2.75) is 34.1 Å². The highest BCUT2D eigenvalue weighted by atomic mass is 15.2. The van der Waals surface area contributed by atoms with E-state index < -0.39 is 0 Å². The predicted molar refractivity (Wildman–Crippen MR) is 78.5 cm³/mol. The monoisotopic (exact) mass is 259 g/mol. The molecule has 101 valence electrons. The van der Waals surface area contributed by atoms with Gasteiger partial charge in [0, 0.05) is 21.2 Å². The van der Waals surface area contributed by atoms with Gasteiger partial charge in [-0.25, -0.2) is 4.98 Å². The first-order valence-corrected chi connectivity index (χ1v) is 6.25. The Morgan fingerprint density at radius 3 is 2.63 bits per heavy atom. The predicted octanol–water partition coefficient (Wildman–Crippen LogP) is 1.06. The molecule has 2 aromatic rings. The van der Waals surface area contributed by atoms with E-state index in [9.17, 15) is 0 Å². The van der Waals surface area contributed by atoms with Crippen molar-refractivity contribution < 1.29 is 0 Å². The zero-order valence-corrected chi connectivity index (χ0v) is 12.0. The van der Waals surface area contributed by atoms with E-state index in [4.69, 9.17) is 5.73 Å². The Morgan fingerprint density at radius 1 is 1.37 bits per heavy atom. The second-order valence-electron chi connectivity index (χ2n) is 3.35. The number of nitrogens with two attached hydrogens (primary N) is 1. The number of aryl methyl sites for hydroxylation is 1. The highest BCUT2D eigenvalue weighted by molar-refractivity contribution is 5.95. The third kappa shape index (κ3) is 3.77. The standard InChI is InChI=1S/C10H14N6.C2H6.B/c1-3-7-10-15-13-6-16(10)5-8(14-7)9(11)12-4-2;1-2;/h5-6H,3-4H2,1-2H3,(H2,11,12);1-2H3;. The number of hydrogen-bond acceptors (Lipinski definition) is 4. The maximum Gasteiger partial charge on any atom is 0.182 e. The smallest absolute Gasteiger partial charge is 0.182 e. The molecule has 0 fully saturated rings. The van der Waals surface area contributed by atoms with Crippen molar-refractivity contribution in [3.8, 4) is 0 Å². The van der Waals surface area contributed by atoms with E-state index in [0.717, 1.165) is 17.8 Å². The van der Waals surface area contributed by atoms with Gasteiger partial charge in [0.05, 0.1) is 5.69 Å². The van der Waals surface area contributed by atoms with E-state index in [0.29, 0.717) is 18.1 Å². The van der Waals surface area contributed by atoms with Crippen molar-refractivity contribution in [2.75, 3.05) is 6.54 Å². The molecule has 6 nitrogen and oxygen atoms in total. The number of aliphatic imine (C=N–C) groups is 1. The minimum atomic E-state index is 0. The van der Waals surface area contributed by atoms with E-state index >= 15 is 0 Å². The molecule has 2 heterocycles. The maximum absolute atomic E-state index is 5.82. The van der Waals surface area contributed by atoms with Crippen LogP contribution in [0.1, 0.15) is 39.1 Å². The lowest BCUT2D eigenvalue weighted by Crippen LogP contribution is -2.17. The molecule has 2 N–H and O–H groups in total. The van der Waals surface area contributed by atoms with Crippen LogP contribution in [0.25, 0.3) is 5.65 Å². The average molecular weight is 259 g/mol. The van der Waals surface area contributed by atoms with Gasteiger partial charge in [-0.1, -0.05) is 20.8 Å². The van der Waals surface area contributed by atoms with Crippen LogP contribution in [0.3, 0.4) is 0 Å². The molecule has 0 atom stereocenters. The summed E-state index contributed by atoms with van der Waals surface area (Å²) in [6.07, 6.45) is 4.22. The van der Waals surface area contributed by atoms with Crippen LogP contribution in [-0.2, 0) is 6.42 Å². The molecule has 0 aliphatic heterocycles. The van der Waals surface area contributed by atoms with Crippen molar-refractivity contribution >= 4 is 19.9 Å². The summed E-state index contributed by atoms with van der Waals surface area (Å²) in [5.74, 6) is 0.452. The van der Waals surface area contributed by atoms with E-state index in [1.807, 2.05) is 32.1 Å². The molecule has 0 aliphatic rings. The lowest BCUT2D eigenvalue weighted by Gasteiger charge is -2.04. The van der Waals surface area contributed by atoms with Gasteiger partial charge in [-0.15, -0.1) is 10.2 Å². The Balaban J connectivity index is 0.00000103. The van der Waals surface area contributed by atoms with E-state index in [1.54, 1.807) is 12.5 Å². The molecule has 0 unspecified atom stereocenters. The molecule has 0 spiro atoms. The molecule has 7 heteroatoms. The zero-order valence-electron chi connectivity index (χ0n) is 12.0. The van der Waals surface area contributed by atoms with Crippen LogP contribution in [-0.4, -0.2) is 40.4 Å². The van der Waals surface area contributed by atoms with Gasteiger partial charge in [0.2, 0.25) is 0 Å². The number of fused-ring (bicyclic) bond motifs is 1. The molecule has 0 saturated carbocycles. The molecule has 2 rings (SSSR count). The van der Waals surface area contributed by atoms with Crippen LogP contribution in [0.5, 0.6) is 0 Å². The molecule has 0 amide bonds. The number of rotatable bonds is 3. The Bertz CT molecular complexity index is 534. The van der Waals surface area contributed by atoms with Crippen molar-refractivity contribution in [3.63, 3.8) is 0 Å². The maximum atomic E-state index is 5.82. The number of aromatic nitrogens is 4. The molecule has 0 bridgehead atoms. The Morgan fingerprint density at radius 2 is 2.05 bits per heavy atom. The molecule has 0 aromatic carbocycles. The lowest BCUT2D eigenvalue weighted by molar-refractivity contribution is 0.978. The Labute approximate surface area is 115 Å². The molecular weight excluding hydrogens is 239 g/mol. The normalized spacial score (nSPS) is 10.6. The quantitative estimate of drug-likeness (QED) is 0.507. The first-order valence-electron chi connectivity index (χ1n) is 6.25. The summed E-state index contributed by atoms with van der Waals surface area (Å²) in [7, 11) is 0. The second-order valence-corrected chi connectivity index (χ2v) is 3.35. The van der Waals surface area contributed by atoms with Gasteiger partial charge in [-0.3, -0.25) is 9.39 Å². The number of hydrogen-bond donors (Lipinski definition) is 1. The summed E-state index contributed by atoms with van der Waals surface area (Å²) in [5.41, 5.74) is 8.15. The SMILES string of the molecule is CC.CCN=C(N)c1cn2cnnc2c(CC)n1.[B]. The minimum Gasteiger partial charge on any atom is -0.382 e. The highest BCUT2D eigenvalue weighted by Crippen LogP contribution is 2.07. The molecule has 3 radical (unpaired) electrons. The highest BCUT2D eigenvalue weighted by Gasteiger charge is 2.08. The number of nitrogens with zero attached hydrogens (tertiary/aromatic N) is 5. The topological polar surface area (TPSA) is 81.5 Å². The van der Waals surface area contributed by atoms with Crippen molar-refractivity contribution in [1.82, 2.24) is 19.6 Å². The van der Waals surface area contributed by atoms with Crippen LogP contribution >= 0.6 is 0 Å². The molecule has 2 aromatic heterocycles. The van der Waals surface area contributed by atoms with Crippen LogP contribution < -0.4 is 5.73 Å². The molecule has 0 aliphatic carbocycles. The number of amidine groups is 1. The van der Waals surface area contributed by atoms with Gasteiger partial charge in [0.15, 0.2) is 5.65 Å². The Kier molecular flexibility index (Phi) is 7.40. The van der Waals surface area contributed by atoms with Crippen LogP contribution in [0.15, 0.2) is 17.5 Å². The molecule has 19 heavy (non-hydrogen) atoms. The van der Waals surface area contributed by atoms with E-state index in [-0.39, 0.29) is 8.41 Å². The van der Waals surface area contributed by atoms with Gasteiger partial charge >= 0.3 is 0 Å². The molecule has 0 saturated heterocycles. The van der Waals surface area contributed by atoms with Crippen molar-refractivity contribution in [2.24, 2.45) is 10.7 Å². The first kappa shape index (κ1) is 17.1. The van der Waals surface area contributed by atoms with E-state index in [2.05, 4.69) is 20.2 Å². The summed E-state index contributed by atoms with van der Waals surface area (Å²) >= 11 is 0. The van der Waals surface area contributed by atoms with Crippen LogP contribution in [0, 0.1) is 0 Å². The zero-order chi connectivity index (χ0) is 13.5. The fraction of sp³-hybridized carbons (Fsp3) is 0.500. The van der Waals surface area contributed by atoms with Crippen molar-refractivity contribution in [3.05, 3.63) is 23.9 Å². The summed E-state index contributed by atoms with van der Waals surface area (Å²) < 4.78 is 1.82. The van der Waals surface area contributed by atoms with Gasteiger partial charge in [0.25, 0.3) is 0 Å². The fourth-order valence-corrected chi connectivity index (χ4v) is 1.51. The largest absolute Gasteiger partial charge is 0.382 e. The summed E-state index contributed by atoms with van der Waals surface area (Å²) in [4.78, 5) is 8.57. The lowest BCUT2D eigenvalue weighted by atomic mass is 10.3. The third-order valence-corrected chi connectivity index (χ3v) is 2.27. The fourth-order valence-electron chi connectivity index (χ4n) is 1.51. The third-order valence-electron chi connectivity index (χ3n) is 2.27. The van der Waals surface area contributed by atoms with Gasteiger partial charge in [0.1, 0.15) is 17.9 Å². The van der Waals surface area contributed by atoms with Gasteiger partial charge < -0.3 is 5.73 Å². The first-order chi connectivity index (χ1) is 8.76. The summed E-state index contributed by atoms with van der Waals surface area (Å²) in [6.45, 7) is 8.61. The summed E-state index contributed by atoms with van der Waals surface area (Å²) in [5, 5.41) is 7.85. The van der Waals surface area contributed by atoms with Crippen LogP contribution in [0.4, 0.5) is 0 Å².